The lowest BCUT2D eigenvalue weighted by Crippen LogP contribution is -2.29. The standard InChI is InChI=1S/C12H15BrFNO2/c1-12(2,17-3)7-11(16)15-10-5-4-8(14)6-9(10)13/h4-6H,7H2,1-3H3,(H,15,16). The lowest BCUT2D eigenvalue weighted by atomic mass is 10.0. The first-order chi connectivity index (χ1) is 7.84. The number of carbonyl (C=O) groups excluding carboxylic acids is 1. The lowest BCUT2D eigenvalue weighted by molar-refractivity contribution is -0.121. The van der Waals surface area contributed by atoms with Crippen LogP contribution >= 0.6 is 15.9 Å². The number of hydrogen-bond acceptors (Lipinski definition) is 2. The molecule has 5 heteroatoms. The van der Waals surface area contributed by atoms with E-state index in [9.17, 15) is 9.18 Å². The van der Waals surface area contributed by atoms with Crippen molar-refractivity contribution in [3.05, 3.63) is 28.5 Å². The predicted molar refractivity (Wildman–Crippen MR) is 68.4 cm³/mol. The lowest BCUT2D eigenvalue weighted by Gasteiger charge is -2.22. The highest BCUT2D eigenvalue weighted by Crippen LogP contribution is 2.24. The van der Waals surface area contributed by atoms with Gasteiger partial charge in [0, 0.05) is 11.6 Å². The Morgan fingerprint density at radius 2 is 2.18 bits per heavy atom. The van der Waals surface area contributed by atoms with Gasteiger partial charge in [0.1, 0.15) is 5.82 Å². The van der Waals surface area contributed by atoms with E-state index in [1.165, 1.54) is 18.2 Å². The highest BCUT2D eigenvalue weighted by atomic mass is 79.9. The van der Waals surface area contributed by atoms with Gasteiger partial charge in [0.25, 0.3) is 0 Å². The topological polar surface area (TPSA) is 38.3 Å². The van der Waals surface area contributed by atoms with E-state index in [1.807, 2.05) is 13.8 Å². The van der Waals surface area contributed by atoms with Crippen LogP contribution in [-0.4, -0.2) is 18.6 Å². The number of anilines is 1. The third kappa shape index (κ3) is 4.44. The normalized spacial score (nSPS) is 11.4. The van der Waals surface area contributed by atoms with E-state index >= 15 is 0 Å². The molecule has 0 aliphatic heterocycles. The molecule has 94 valence electrons. The van der Waals surface area contributed by atoms with Gasteiger partial charge in [-0.05, 0) is 48.0 Å². The van der Waals surface area contributed by atoms with E-state index in [-0.39, 0.29) is 18.1 Å². The molecule has 3 nitrogen and oxygen atoms in total. The Labute approximate surface area is 108 Å². The van der Waals surface area contributed by atoms with Crippen molar-refractivity contribution in [2.45, 2.75) is 25.9 Å². The molecule has 1 aromatic rings. The van der Waals surface area contributed by atoms with Crippen LogP contribution < -0.4 is 5.32 Å². The molecule has 0 saturated carbocycles. The summed E-state index contributed by atoms with van der Waals surface area (Å²) in [6.45, 7) is 3.65. The van der Waals surface area contributed by atoms with E-state index in [1.54, 1.807) is 7.11 Å². The number of ether oxygens (including phenoxy) is 1. The van der Waals surface area contributed by atoms with Gasteiger partial charge in [0.2, 0.25) is 5.91 Å². The van der Waals surface area contributed by atoms with Gasteiger partial charge in [-0.25, -0.2) is 4.39 Å². The fourth-order valence-electron chi connectivity index (χ4n) is 1.24. The largest absolute Gasteiger partial charge is 0.378 e. The average molecular weight is 304 g/mol. The van der Waals surface area contributed by atoms with Gasteiger partial charge in [0.15, 0.2) is 0 Å². The highest BCUT2D eigenvalue weighted by molar-refractivity contribution is 9.10. The van der Waals surface area contributed by atoms with E-state index in [0.29, 0.717) is 10.2 Å². The van der Waals surface area contributed by atoms with Gasteiger partial charge >= 0.3 is 0 Å². The molecule has 0 aliphatic rings. The smallest absolute Gasteiger partial charge is 0.227 e. The molecular weight excluding hydrogens is 289 g/mol. The Hall–Kier alpha value is -0.940. The number of carbonyl (C=O) groups is 1. The first kappa shape index (κ1) is 14.1. The number of benzene rings is 1. The minimum atomic E-state index is -0.517. The van der Waals surface area contributed by atoms with E-state index in [4.69, 9.17) is 4.74 Å². The van der Waals surface area contributed by atoms with Crippen molar-refractivity contribution in [3.8, 4) is 0 Å². The first-order valence-corrected chi connectivity index (χ1v) is 5.93. The van der Waals surface area contributed by atoms with E-state index in [0.717, 1.165) is 0 Å². The van der Waals surface area contributed by atoms with Crippen LogP contribution in [0.4, 0.5) is 10.1 Å². The van der Waals surface area contributed by atoms with E-state index < -0.39 is 5.60 Å². The minimum absolute atomic E-state index is 0.177. The van der Waals surface area contributed by atoms with Crippen LogP contribution in [0.2, 0.25) is 0 Å². The maximum atomic E-state index is 12.8. The van der Waals surface area contributed by atoms with Crippen LogP contribution in [0.5, 0.6) is 0 Å². The summed E-state index contributed by atoms with van der Waals surface area (Å²) in [4.78, 5) is 11.7. The molecule has 0 atom stereocenters. The summed E-state index contributed by atoms with van der Waals surface area (Å²) < 4.78 is 18.5. The van der Waals surface area contributed by atoms with Crippen molar-refractivity contribution in [1.29, 1.82) is 0 Å². The van der Waals surface area contributed by atoms with Crippen LogP contribution in [-0.2, 0) is 9.53 Å². The fraction of sp³-hybridized carbons (Fsp3) is 0.417. The van der Waals surface area contributed by atoms with Crippen LogP contribution in [0.1, 0.15) is 20.3 Å². The Morgan fingerprint density at radius 3 is 2.71 bits per heavy atom. The molecule has 0 unspecified atom stereocenters. The third-order valence-electron chi connectivity index (χ3n) is 2.34. The van der Waals surface area contributed by atoms with Crippen molar-refractivity contribution in [2.24, 2.45) is 0 Å². The molecule has 0 fully saturated rings. The third-order valence-corrected chi connectivity index (χ3v) is 3.00. The number of nitrogens with one attached hydrogen (secondary N) is 1. The molecule has 0 aromatic heterocycles. The fourth-order valence-corrected chi connectivity index (χ4v) is 1.69. The molecule has 1 amide bonds. The van der Waals surface area contributed by atoms with Crippen molar-refractivity contribution in [1.82, 2.24) is 0 Å². The zero-order chi connectivity index (χ0) is 13.1. The first-order valence-electron chi connectivity index (χ1n) is 5.14. The van der Waals surface area contributed by atoms with Gasteiger partial charge in [-0.15, -0.1) is 0 Å². The number of rotatable bonds is 4. The average Bonchev–Trinajstić information content (AvgIpc) is 2.21. The molecule has 0 radical (unpaired) electrons. The van der Waals surface area contributed by atoms with Gasteiger partial charge in [-0.2, -0.15) is 0 Å². The Kier molecular flexibility index (Phi) is 4.65. The van der Waals surface area contributed by atoms with Crippen LogP contribution in [0.3, 0.4) is 0 Å². The molecule has 1 rings (SSSR count). The maximum absolute atomic E-state index is 12.8. The molecule has 0 heterocycles. The monoisotopic (exact) mass is 303 g/mol. The number of hydrogen-bond donors (Lipinski definition) is 1. The predicted octanol–water partition coefficient (Wildman–Crippen LogP) is 3.34. The minimum Gasteiger partial charge on any atom is -0.378 e. The number of amides is 1. The molecule has 0 aliphatic carbocycles. The van der Waals surface area contributed by atoms with Gasteiger partial charge in [0.05, 0.1) is 17.7 Å². The summed E-state index contributed by atoms with van der Waals surface area (Å²) in [5.74, 6) is -0.531. The van der Waals surface area contributed by atoms with Crippen LogP contribution in [0, 0.1) is 5.82 Å². The summed E-state index contributed by atoms with van der Waals surface area (Å²) in [7, 11) is 1.56. The Bertz CT molecular complexity index is 421. The van der Waals surface area contributed by atoms with Gasteiger partial charge in [-0.3, -0.25) is 4.79 Å². The SMILES string of the molecule is COC(C)(C)CC(=O)Nc1ccc(F)cc1Br. The Balaban J connectivity index is 2.69. The van der Waals surface area contributed by atoms with Gasteiger partial charge < -0.3 is 10.1 Å². The molecular formula is C12H15BrFNO2. The molecule has 0 saturated heterocycles. The summed E-state index contributed by atoms with van der Waals surface area (Å²) >= 11 is 3.19. The summed E-state index contributed by atoms with van der Waals surface area (Å²) in [5, 5.41) is 2.70. The Morgan fingerprint density at radius 1 is 1.53 bits per heavy atom. The number of methoxy groups -OCH3 is 1. The van der Waals surface area contributed by atoms with Crippen molar-refractivity contribution >= 4 is 27.5 Å². The zero-order valence-corrected chi connectivity index (χ0v) is 11.6. The summed E-state index contributed by atoms with van der Waals surface area (Å²) in [5.41, 5.74) is 0.0275. The van der Waals surface area contributed by atoms with Crippen molar-refractivity contribution in [3.63, 3.8) is 0 Å². The molecule has 17 heavy (non-hydrogen) atoms. The second-order valence-corrected chi connectivity index (χ2v) is 5.17. The summed E-state index contributed by atoms with van der Waals surface area (Å²) in [6.07, 6.45) is 0.229. The molecule has 1 N–H and O–H groups in total. The number of halogens is 2. The van der Waals surface area contributed by atoms with Crippen LogP contribution in [0.25, 0.3) is 0 Å². The van der Waals surface area contributed by atoms with Gasteiger partial charge in [-0.1, -0.05) is 0 Å². The van der Waals surface area contributed by atoms with E-state index in [2.05, 4.69) is 21.2 Å². The quantitative estimate of drug-likeness (QED) is 0.926. The maximum Gasteiger partial charge on any atom is 0.227 e. The highest BCUT2D eigenvalue weighted by Gasteiger charge is 2.21. The molecule has 1 aromatic carbocycles. The van der Waals surface area contributed by atoms with Crippen molar-refractivity contribution < 1.29 is 13.9 Å². The molecule has 0 bridgehead atoms. The second-order valence-electron chi connectivity index (χ2n) is 4.31. The zero-order valence-electron chi connectivity index (χ0n) is 10.0. The van der Waals surface area contributed by atoms with Crippen molar-refractivity contribution in [2.75, 3.05) is 12.4 Å². The second kappa shape index (κ2) is 5.60. The molecule has 0 spiro atoms. The van der Waals surface area contributed by atoms with Crippen LogP contribution in [0.15, 0.2) is 22.7 Å². The summed E-state index contributed by atoms with van der Waals surface area (Å²) in [6, 6.07) is 4.11.